The molecule has 1 unspecified atom stereocenters. The first-order valence-corrected chi connectivity index (χ1v) is 6.19. The summed E-state index contributed by atoms with van der Waals surface area (Å²) in [7, 11) is 0. The van der Waals surface area contributed by atoms with E-state index >= 15 is 0 Å². The van der Waals surface area contributed by atoms with Gasteiger partial charge in [-0.1, -0.05) is 0 Å². The van der Waals surface area contributed by atoms with Crippen LogP contribution in [-0.2, 0) is 13.0 Å². The number of fused-ring (bicyclic) bond motifs is 2. The van der Waals surface area contributed by atoms with E-state index < -0.39 is 5.91 Å². The predicted molar refractivity (Wildman–Crippen MR) is 69.2 cm³/mol. The summed E-state index contributed by atoms with van der Waals surface area (Å²) < 4.78 is 14.0. The van der Waals surface area contributed by atoms with Crippen LogP contribution in [0, 0.1) is 13.2 Å². The molecule has 0 aromatic heterocycles. The summed E-state index contributed by atoms with van der Waals surface area (Å²) in [5, 5.41) is 8.60. The zero-order valence-corrected chi connectivity index (χ0v) is 18.2. The number of benzene rings is 1. The summed E-state index contributed by atoms with van der Waals surface area (Å²) in [6, 6.07) is 3.37. The molecule has 104 valence electrons. The third-order valence-corrected chi connectivity index (χ3v) is 3.97. The molecule has 0 bridgehead atoms. The van der Waals surface area contributed by atoms with E-state index in [4.69, 9.17) is 5.21 Å². The molecular weight excluding hydrogens is 380 g/mol. The van der Waals surface area contributed by atoms with Crippen molar-refractivity contribution in [2.75, 3.05) is 6.54 Å². The van der Waals surface area contributed by atoms with E-state index in [1.807, 2.05) is 0 Å². The van der Waals surface area contributed by atoms with Crippen molar-refractivity contribution in [3.63, 3.8) is 0 Å². The minimum atomic E-state index is -0.662. The maximum absolute atomic E-state index is 14.0. The van der Waals surface area contributed by atoms with Crippen LogP contribution in [0.5, 0.6) is 0 Å². The first-order valence-electron chi connectivity index (χ1n) is 6.19. The van der Waals surface area contributed by atoms with Gasteiger partial charge in [0.25, 0.3) is 5.91 Å². The normalized spacial score (nSPS) is 20.2. The summed E-state index contributed by atoms with van der Waals surface area (Å²) in [5.41, 5.74) is 3.32. The van der Waals surface area contributed by atoms with E-state index in [1.165, 1.54) is 6.07 Å². The minimum Gasteiger partial charge on any atom is -0.358 e. The van der Waals surface area contributed by atoms with Crippen molar-refractivity contribution in [3.8, 4) is 0 Å². The van der Waals surface area contributed by atoms with Gasteiger partial charge in [-0.05, 0) is 43.5 Å². The fraction of sp³-hybridized carbons (Fsp3) is 0.429. The third-order valence-electron chi connectivity index (χ3n) is 3.97. The molecule has 1 saturated heterocycles. The average Bonchev–Trinajstić information content (AvgIpc) is 2.82. The molecular formula is C14H18CsFN2O2. The Morgan fingerprint density at radius 2 is 2.20 bits per heavy atom. The molecule has 2 N–H and O–H groups in total. The molecule has 0 spiro atoms. The number of carbonyl (C=O) groups excluding carboxylic acids is 1. The average molecular weight is 398 g/mol. The van der Waals surface area contributed by atoms with E-state index in [2.05, 4.69) is 4.90 Å². The first kappa shape index (κ1) is 18.6. The number of nitrogens with zero attached hydrogens (tertiary/aromatic N) is 1. The Morgan fingerprint density at radius 3 is 2.90 bits per heavy atom. The predicted octanol–water partition coefficient (Wildman–Crippen LogP) is -1.08. The summed E-state index contributed by atoms with van der Waals surface area (Å²) >= 11 is 0. The maximum Gasteiger partial charge on any atom is 1.00 e. The van der Waals surface area contributed by atoms with E-state index in [9.17, 15) is 9.18 Å². The van der Waals surface area contributed by atoms with Crippen LogP contribution in [-0.4, -0.2) is 28.6 Å². The van der Waals surface area contributed by atoms with Crippen molar-refractivity contribution in [1.29, 1.82) is 0 Å². The zero-order chi connectivity index (χ0) is 12.7. The van der Waals surface area contributed by atoms with Crippen LogP contribution in [0.4, 0.5) is 4.39 Å². The Morgan fingerprint density at radius 1 is 1.45 bits per heavy atom. The third kappa shape index (κ3) is 3.49. The van der Waals surface area contributed by atoms with Crippen LogP contribution in [0.25, 0.3) is 0 Å². The van der Waals surface area contributed by atoms with E-state index in [0.717, 1.165) is 31.4 Å². The number of hydrogen-bond donors (Lipinski definition) is 2. The quantitative estimate of drug-likeness (QED) is 0.360. The van der Waals surface area contributed by atoms with Gasteiger partial charge < -0.3 is 7.43 Å². The van der Waals surface area contributed by atoms with E-state index in [-0.39, 0.29) is 87.7 Å². The molecule has 0 radical (unpaired) electrons. The second kappa shape index (κ2) is 7.73. The van der Waals surface area contributed by atoms with Gasteiger partial charge in [0, 0.05) is 23.7 Å². The molecule has 2 heterocycles. The molecule has 4 nitrogen and oxygen atoms in total. The number of hydroxylamine groups is 1. The molecule has 1 amide bonds. The van der Waals surface area contributed by atoms with Crippen LogP contribution in [0.15, 0.2) is 12.1 Å². The fourth-order valence-electron chi connectivity index (χ4n) is 3.04. The van der Waals surface area contributed by atoms with Gasteiger partial charge >= 0.3 is 68.9 Å². The van der Waals surface area contributed by atoms with Gasteiger partial charge in [0.15, 0.2) is 0 Å². The Bertz CT molecular complexity index is 510. The van der Waals surface area contributed by atoms with Gasteiger partial charge in [-0.2, -0.15) is 0 Å². The number of carbonyl (C=O) groups is 1. The molecule has 1 fully saturated rings. The number of rotatable bonds is 1. The van der Waals surface area contributed by atoms with E-state index in [1.54, 1.807) is 11.5 Å². The zero-order valence-electron chi connectivity index (χ0n) is 11.9. The van der Waals surface area contributed by atoms with Crippen LogP contribution < -0.4 is 74.4 Å². The topological polar surface area (TPSA) is 52.6 Å². The molecule has 0 saturated carbocycles. The molecule has 1 aromatic carbocycles. The molecule has 20 heavy (non-hydrogen) atoms. The molecule has 0 aliphatic carbocycles. The Labute approximate surface area is 177 Å². The largest absolute Gasteiger partial charge is 1.00 e. The maximum atomic E-state index is 14.0. The second-order valence-corrected chi connectivity index (χ2v) is 5.01. The molecule has 2 aliphatic heterocycles. The summed E-state index contributed by atoms with van der Waals surface area (Å²) in [4.78, 5) is 13.6. The van der Waals surface area contributed by atoms with Crippen molar-refractivity contribution in [1.82, 2.24) is 10.4 Å². The number of hydrogen-bond acceptors (Lipinski definition) is 3. The standard InChI is InChI=1S/C13H15FN2O2.CH3.Cs/c14-12-6-9(13(17)15-18)4-8-5-10-2-1-3-16(10)7-11(8)12;;/h4,6,10,18H,1-3,5,7H2,(H,15,17);1H3;/q;-1;+1. The second-order valence-electron chi connectivity index (χ2n) is 5.01. The minimum absolute atomic E-state index is 0. The number of amides is 1. The van der Waals surface area contributed by atoms with Gasteiger partial charge in [-0.15, -0.1) is 0 Å². The van der Waals surface area contributed by atoms with Gasteiger partial charge in [-0.25, -0.2) is 9.87 Å². The van der Waals surface area contributed by atoms with Crippen molar-refractivity contribution in [2.24, 2.45) is 0 Å². The molecule has 6 heteroatoms. The van der Waals surface area contributed by atoms with Crippen molar-refractivity contribution < 1.29 is 83.3 Å². The summed E-state index contributed by atoms with van der Waals surface area (Å²) in [6.45, 7) is 1.66. The van der Waals surface area contributed by atoms with Gasteiger partial charge in [0.05, 0.1) is 0 Å². The van der Waals surface area contributed by atoms with Crippen molar-refractivity contribution in [2.45, 2.75) is 31.8 Å². The van der Waals surface area contributed by atoms with E-state index in [0.29, 0.717) is 18.2 Å². The Hall–Kier alpha value is 0.592. The number of nitrogens with one attached hydrogen (secondary N) is 1. The monoisotopic (exact) mass is 398 g/mol. The molecule has 2 aliphatic rings. The Kier molecular flexibility index (Phi) is 7.21. The summed E-state index contributed by atoms with van der Waals surface area (Å²) in [6.07, 6.45) is 3.08. The van der Waals surface area contributed by atoms with Gasteiger partial charge in [-0.3, -0.25) is 14.9 Å². The fourth-order valence-corrected chi connectivity index (χ4v) is 3.04. The van der Waals surface area contributed by atoms with Crippen LogP contribution in [0.2, 0.25) is 0 Å². The molecule has 3 rings (SSSR count). The smallest absolute Gasteiger partial charge is 0.358 e. The Balaban J connectivity index is 0.000001000. The van der Waals surface area contributed by atoms with Gasteiger partial charge in [0.1, 0.15) is 5.82 Å². The summed E-state index contributed by atoms with van der Waals surface area (Å²) in [5.74, 6) is -1.01. The SMILES string of the molecule is O=C(NO)c1cc(F)c2c(c1)CC1CCCN1C2.[CH3-].[Cs+]. The van der Waals surface area contributed by atoms with Crippen LogP contribution in [0.3, 0.4) is 0 Å². The molecule has 1 aromatic rings. The van der Waals surface area contributed by atoms with Crippen LogP contribution >= 0.6 is 0 Å². The first-order chi connectivity index (χ1) is 8.69. The molecule has 1 atom stereocenters. The van der Waals surface area contributed by atoms with Crippen molar-refractivity contribution >= 4 is 5.91 Å². The number of halogens is 1. The van der Waals surface area contributed by atoms with Crippen molar-refractivity contribution in [3.05, 3.63) is 42.1 Å². The van der Waals surface area contributed by atoms with Gasteiger partial charge in [0.2, 0.25) is 0 Å². The van der Waals surface area contributed by atoms with Crippen LogP contribution in [0.1, 0.15) is 34.3 Å².